The Morgan fingerprint density at radius 3 is 2.17 bits per heavy atom. The van der Waals surface area contributed by atoms with Gasteiger partial charge in [-0.15, -0.1) is 0 Å². The Kier molecular flexibility index (Phi) is 6.50. The van der Waals surface area contributed by atoms with Crippen molar-refractivity contribution < 1.29 is 0 Å². The summed E-state index contributed by atoms with van der Waals surface area (Å²) >= 11 is 10.7. The first-order valence-corrected chi connectivity index (χ1v) is 9.56. The summed E-state index contributed by atoms with van der Waals surface area (Å²) in [6, 6.07) is 12.0. The monoisotopic (exact) mass is 550 g/mol. The van der Waals surface area contributed by atoms with Crippen LogP contribution in [0.15, 0.2) is 36.4 Å². The number of nitrogen functional groups attached to an aromatic ring is 1. The number of halogens is 3. The van der Waals surface area contributed by atoms with Crippen molar-refractivity contribution in [2.75, 3.05) is 5.73 Å². The average Bonchev–Trinajstić information content (AvgIpc) is 2.46. The molecule has 0 aliphatic heterocycles. The molecule has 2 nitrogen and oxygen atoms in total. The predicted octanol–water partition coefficient (Wildman–Crippen LogP) is 6.29. The molecule has 3 rings (SSSR count). The summed E-state index contributed by atoms with van der Waals surface area (Å²) in [5.41, 5.74) is 10.8. The smallest absolute Gasteiger partial charge is 0.0730 e. The molecule has 23 heavy (non-hydrogen) atoms. The second kappa shape index (κ2) is 7.98. The summed E-state index contributed by atoms with van der Waals surface area (Å²) in [6.45, 7) is 6.11. The number of hydrogen-bond acceptors (Lipinski definition) is 2. The van der Waals surface area contributed by atoms with Crippen LogP contribution in [0.1, 0.15) is 16.8 Å². The number of rotatable bonds is 0. The van der Waals surface area contributed by atoms with Crippen molar-refractivity contribution in [3.05, 3.63) is 65.4 Å². The molecule has 3 aromatic rings. The van der Waals surface area contributed by atoms with Gasteiger partial charge >= 0.3 is 0 Å². The van der Waals surface area contributed by atoms with Crippen LogP contribution in [0.3, 0.4) is 0 Å². The summed E-state index contributed by atoms with van der Waals surface area (Å²) in [6.07, 6.45) is 0. The van der Waals surface area contributed by atoms with Gasteiger partial charge in [-0.05, 0) is 107 Å². The van der Waals surface area contributed by atoms with Gasteiger partial charge in [-0.3, -0.25) is 4.98 Å². The number of benzene rings is 2. The van der Waals surface area contributed by atoms with Crippen LogP contribution in [0, 0.1) is 27.9 Å². The lowest BCUT2D eigenvalue weighted by Crippen LogP contribution is -1.88. The van der Waals surface area contributed by atoms with E-state index in [0.29, 0.717) is 0 Å². The molecule has 0 fully saturated rings. The summed E-state index contributed by atoms with van der Waals surface area (Å²) in [5.74, 6) is 0. The van der Waals surface area contributed by atoms with Gasteiger partial charge in [0.15, 0.2) is 0 Å². The third-order valence-electron chi connectivity index (χ3n) is 3.36. The van der Waals surface area contributed by atoms with Crippen LogP contribution < -0.4 is 5.73 Å². The van der Waals surface area contributed by atoms with Crippen LogP contribution in [0.4, 0.5) is 5.69 Å². The lowest BCUT2D eigenvalue weighted by molar-refractivity contribution is 1.25. The third-order valence-corrected chi connectivity index (χ3v) is 6.00. The van der Waals surface area contributed by atoms with Crippen molar-refractivity contribution >= 4 is 73.4 Å². The Morgan fingerprint density at radius 2 is 1.57 bits per heavy atom. The van der Waals surface area contributed by atoms with Crippen LogP contribution >= 0.6 is 56.8 Å². The Hall–Kier alpha value is -0.600. The van der Waals surface area contributed by atoms with Gasteiger partial charge in [-0.2, -0.15) is 0 Å². The highest BCUT2D eigenvalue weighted by atomic mass is 127. The molecule has 0 spiro atoms. The molecule has 0 bridgehead atoms. The highest BCUT2D eigenvalue weighted by Gasteiger charge is 2.04. The van der Waals surface area contributed by atoms with Crippen molar-refractivity contribution in [3.8, 4) is 0 Å². The van der Waals surface area contributed by atoms with Gasteiger partial charge < -0.3 is 5.73 Å². The molecule has 0 saturated heterocycles. The second-order valence-electron chi connectivity index (χ2n) is 5.37. The molecule has 5 heteroatoms. The van der Waals surface area contributed by atoms with E-state index in [9.17, 15) is 0 Å². The molecule has 0 saturated carbocycles. The van der Waals surface area contributed by atoms with E-state index in [1.54, 1.807) is 0 Å². The normalized spacial score (nSPS) is 10.3. The van der Waals surface area contributed by atoms with E-state index in [0.717, 1.165) is 27.3 Å². The quantitative estimate of drug-likeness (QED) is 0.264. The lowest BCUT2D eigenvalue weighted by atomic mass is 10.1. The van der Waals surface area contributed by atoms with E-state index in [1.807, 2.05) is 31.2 Å². The molecule has 0 atom stereocenters. The summed E-state index contributed by atoms with van der Waals surface area (Å²) < 4.78 is 2.46. The van der Waals surface area contributed by atoms with Gasteiger partial charge in [0, 0.05) is 23.9 Å². The zero-order valence-electron chi connectivity index (χ0n) is 13.1. The van der Waals surface area contributed by atoms with E-state index in [1.165, 1.54) is 18.3 Å². The molecule has 0 radical (unpaired) electrons. The van der Waals surface area contributed by atoms with E-state index in [4.69, 9.17) is 17.3 Å². The van der Waals surface area contributed by atoms with Crippen LogP contribution in [-0.4, -0.2) is 4.98 Å². The molecule has 1 heterocycles. The molecule has 2 aromatic carbocycles. The lowest BCUT2D eigenvalue weighted by Gasteiger charge is -2.05. The van der Waals surface area contributed by atoms with Crippen molar-refractivity contribution in [2.45, 2.75) is 20.8 Å². The summed E-state index contributed by atoms with van der Waals surface area (Å²) in [4.78, 5) is 4.45. The Labute approximate surface area is 169 Å². The minimum atomic E-state index is 0.784. The summed E-state index contributed by atoms with van der Waals surface area (Å²) in [7, 11) is 0. The number of aryl methyl sites for hydroxylation is 3. The largest absolute Gasteiger partial charge is 0.399 e. The molecule has 0 aliphatic rings. The first kappa shape index (κ1) is 18.7. The average molecular weight is 551 g/mol. The fourth-order valence-corrected chi connectivity index (χ4v) is 3.35. The van der Waals surface area contributed by atoms with Crippen molar-refractivity contribution in [1.82, 2.24) is 4.98 Å². The predicted molar refractivity (Wildman–Crippen MR) is 117 cm³/mol. The zero-order valence-corrected chi connectivity index (χ0v) is 18.2. The molecule has 0 amide bonds. The zero-order chi connectivity index (χ0) is 17.1. The van der Waals surface area contributed by atoms with E-state index in [-0.39, 0.29) is 0 Å². The van der Waals surface area contributed by atoms with Crippen molar-refractivity contribution in [3.63, 3.8) is 0 Å². The molecule has 2 N–H and O–H groups in total. The Morgan fingerprint density at radius 1 is 0.913 bits per heavy atom. The number of nitrogens with two attached hydrogens (primary N) is 1. The van der Waals surface area contributed by atoms with E-state index < -0.39 is 0 Å². The number of pyridine rings is 1. The Balaban J connectivity index is 0.000000185. The van der Waals surface area contributed by atoms with Gasteiger partial charge in [0.05, 0.1) is 10.5 Å². The number of aromatic nitrogens is 1. The highest BCUT2D eigenvalue weighted by molar-refractivity contribution is 14.1. The van der Waals surface area contributed by atoms with Crippen LogP contribution in [0.5, 0.6) is 0 Å². The first-order valence-electron chi connectivity index (χ1n) is 7.02. The first-order chi connectivity index (χ1) is 10.8. The van der Waals surface area contributed by atoms with Gasteiger partial charge in [-0.25, -0.2) is 0 Å². The molecular formula is C18H17ClI2N2. The fourth-order valence-electron chi connectivity index (χ4n) is 2.05. The molecule has 120 valence electrons. The van der Waals surface area contributed by atoms with Gasteiger partial charge in [0.2, 0.25) is 0 Å². The maximum absolute atomic E-state index is 6.14. The number of nitrogens with zero attached hydrogens (tertiary/aromatic N) is 1. The topological polar surface area (TPSA) is 38.9 Å². The van der Waals surface area contributed by atoms with Gasteiger partial charge in [0.1, 0.15) is 0 Å². The molecule has 0 aliphatic carbocycles. The van der Waals surface area contributed by atoms with E-state index in [2.05, 4.69) is 76.1 Å². The molecule has 0 unspecified atom stereocenters. The second-order valence-corrected chi connectivity index (χ2v) is 8.10. The van der Waals surface area contributed by atoms with Crippen molar-refractivity contribution in [1.29, 1.82) is 0 Å². The molecular weight excluding hydrogens is 533 g/mol. The third kappa shape index (κ3) is 4.93. The standard InChI is InChI=1S/C11H9ClIN.C7H8IN/c1-6-3-8-9(12)4-7(2)14-11(8)5-10(6)13;1-5-2-3-6(9)4-7(5)8/h3-5H,1-2H3;2-4H,9H2,1H3. The molecule has 1 aromatic heterocycles. The number of fused-ring (bicyclic) bond motifs is 1. The van der Waals surface area contributed by atoms with Crippen LogP contribution in [-0.2, 0) is 0 Å². The number of anilines is 1. The Bertz CT molecular complexity index is 863. The van der Waals surface area contributed by atoms with Crippen LogP contribution in [0.2, 0.25) is 5.02 Å². The maximum atomic E-state index is 6.14. The number of hydrogen-bond donors (Lipinski definition) is 1. The minimum Gasteiger partial charge on any atom is -0.399 e. The summed E-state index contributed by atoms with van der Waals surface area (Å²) in [5, 5.41) is 1.82. The highest BCUT2D eigenvalue weighted by Crippen LogP contribution is 2.26. The van der Waals surface area contributed by atoms with Gasteiger partial charge in [0.25, 0.3) is 0 Å². The SMILES string of the molecule is Cc1cc(Cl)c2cc(C)c(I)cc2n1.Cc1ccc(N)cc1I. The fraction of sp³-hybridized carbons (Fsp3) is 0.167. The van der Waals surface area contributed by atoms with Crippen LogP contribution in [0.25, 0.3) is 10.9 Å². The van der Waals surface area contributed by atoms with Crippen molar-refractivity contribution in [2.24, 2.45) is 0 Å². The van der Waals surface area contributed by atoms with Gasteiger partial charge in [-0.1, -0.05) is 17.7 Å². The minimum absolute atomic E-state index is 0.784. The maximum Gasteiger partial charge on any atom is 0.0730 e. The van der Waals surface area contributed by atoms with E-state index >= 15 is 0 Å².